The number of nitriles is 1. The SMILES string of the molecule is N#Cc1ccc2c(c1)OCC2NC1CC1. The van der Waals surface area contributed by atoms with Crippen molar-refractivity contribution in [1.29, 1.82) is 5.26 Å². The molecule has 1 fully saturated rings. The van der Waals surface area contributed by atoms with Crippen LogP contribution >= 0.6 is 0 Å². The fourth-order valence-corrected chi connectivity index (χ4v) is 1.95. The summed E-state index contributed by atoms with van der Waals surface area (Å²) >= 11 is 0. The van der Waals surface area contributed by atoms with Crippen molar-refractivity contribution in [2.24, 2.45) is 0 Å². The molecule has 1 aliphatic heterocycles. The van der Waals surface area contributed by atoms with Gasteiger partial charge < -0.3 is 10.1 Å². The van der Waals surface area contributed by atoms with E-state index in [1.54, 1.807) is 0 Å². The molecule has 0 aromatic heterocycles. The summed E-state index contributed by atoms with van der Waals surface area (Å²) in [5.41, 5.74) is 1.86. The lowest BCUT2D eigenvalue weighted by Crippen LogP contribution is -2.24. The summed E-state index contributed by atoms with van der Waals surface area (Å²) in [5, 5.41) is 12.3. The molecule has 1 aliphatic carbocycles. The lowest BCUT2D eigenvalue weighted by atomic mass is 10.1. The van der Waals surface area contributed by atoms with Crippen molar-refractivity contribution in [2.75, 3.05) is 6.61 Å². The van der Waals surface area contributed by atoms with E-state index in [1.807, 2.05) is 18.2 Å². The molecule has 1 aromatic rings. The van der Waals surface area contributed by atoms with E-state index < -0.39 is 0 Å². The van der Waals surface area contributed by atoms with Gasteiger partial charge in [0.1, 0.15) is 12.4 Å². The molecule has 1 aromatic carbocycles. The van der Waals surface area contributed by atoms with E-state index in [-0.39, 0.29) is 0 Å². The maximum Gasteiger partial charge on any atom is 0.125 e. The number of hydrogen-bond acceptors (Lipinski definition) is 3. The molecule has 0 amide bonds. The topological polar surface area (TPSA) is 45.0 Å². The van der Waals surface area contributed by atoms with Crippen molar-refractivity contribution >= 4 is 0 Å². The summed E-state index contributed by atoms with van der Waals surface area (Å²) in [6.45, 7) is 0.695. The van der Waals surface area contributed by atoms with Gasteiger partial charge in [0.15, 0.2) is 0 Å². The fraction of sp³-hybridized carbons (Fsp3) is 0.417. The third kappa shape index (κ3) is 1.57. The van der Waals surface area contributed by atoms with Gasteiger partial charge in [-0.25, -0.2) is 0 Å². The molecule has 3 heteroatoms. The molecule has 0 radical (unpaired) electrons. The normalized spacial score (nSPS) is 23.0. The third-order valence-corrected chi connectivity index (χ3v) is 2.94. The van der Waals surface area contributed by atoms with Crippen LogP contribution in [0.4, 0.5) is 0 Å². The maximum atomic E-state index is 8.77. The van der Waals surface area contributed by atoms with Gasteiger partial charge >= 0.3 is 0 Å². The van der Waals surface area contributed by atoms with Gasteiger partial charge in [0.2, 0.25) is 0 Å². The molecule has 3 nitrogen and oxygen atoms in total. The van der Waals surface area contributed by atoms with Crippen LogP contribution in [-0.4, -0.2) is 12.6 Å². The zero-order valence-corrected chi connectivity index (χ0v) is 8.36. The monoisotopic (exact) mass is 200 g/mol. The van der Waals surface area contributed by atoms with Crippen molar-refractivity contribution in [3.63, 3.8) is 0 Å². The molecule has 0 saturated heterocycles. The van der Waals surface area contributed by atoms with Crippen LogP contribution in [0.5, 0.6) is 5.75 Å². The first-order valence-corrected chi connectivity index (χ1v) is 5.30. The Labute approximate surface area is 88.7 Å². The Bertz CT molecular complexity index is 432. The number of nitrogens with zero attached hydrogens (tertiary/aromatic N) is 1. The molecule has 15 heavy (non-hydrogen) atoms. The van der Waals surface area contributed by atoms with Crippen molar-refractivity contribution in [3.05, 3.63) is 29.3 Å². The molecule has 1 unspecified atom stereocenters. The zero-order valence-electron chi connectivity index (χ0n) is 8.36. The van der Waals surface area contributed by atoms with E-state index in [0.29, 0.717) is 24.3 Å². The fourth-order valence-electron chi connectivity index (χ4n) is 1.95. The molecular weight excluding hydrogens is 188 g/mol. The Morgan fingerprint density at radius 1 is 1.40 bits per heavy atom. The van der Waals surface area contributed by atoms with Crippen LogP contribution in [-0.2, 0) is 0 Å². The molecule has 0 spiro atoms. The Hall–Kier alpha value is -1.53. The van der Waals surface area contributed by atoms with Crippen molar-refractivity contribution in [3.8, 4) is 11.8 Å². The minimum atomic E-state index is 0.320. The van der Waals surface area contributed by atoms with Crippen LogP contribution in [0.15, 0.2) is 18.2 Å². The minimum Gasteiger partial charge on any atom is -0.491 e. The molecule has 1 atom stereocenters. The van der Waals surface area contributed by atoms with Crippen LogP contribution < -0.4 is 10.1 Å². The third-order valence-electron chi connectivity index (χ3n) is 2.94. The second-order valence-electron chi connectivity index (χ2n) is 4.17. The Morgan fingerprint density at radius 3 is 3.00 bits per heavy atom. The predicted molar refractivity (Wildman–Crippen MR) is 55.6 cm³/mol. The molecule has 76 valence electrons. The van der Waals surface area contributed by atoms with Gasteiger partial charge in [-0.15, -0.1) is 0 Å². The average molecular weight is 200 g/mol. The minimum absolute atomic E-state index is 0.320. The second-order valence-corrected chi connectivity index (χ2v) is 4.17. The average Bonchev–Trinajstić information content (AvgIpc) is 2.99. The summed E-state index contributed by atoms with van der Waals surface area (Å²) in [6, 6.07) is 8.81. The van der Waals surface area contributed by atoms with Crippen LogP contribution in [0, 0.1) is 11.3 Å². The molecule has 2 aliphatic rings. The first-order chi connectivity index (χ1) is 7.36. The number of nitrogens with one attached hydrogen (secondary N) is 1. The molecule has 1 N–H and O–H groups in total. The highest BCUT2D eigenvalue weighted by Gasteiger charge is 2.30. The lowest BCUT2D eigenvalue weighted by molar-refractivity contribution is 0.310. The van der Waals surface area contributed by atoms with Gasteiger partial charge in [-0.1, -0.05) is 6.07 Å². The van der Waals surface area contributed by atoms with Gasteiger partial charge in [0.25, 0.3) is 0 Å². The largest absolute Gasteiger partial charge is 0.491 e. The first kappa shape index (κ1) is 8.75. The van der Waals surface area contributed by atoms with Crippen LogP contribution in [0.25, 0.3) is 0 Å². The molecular formula is C12H12N2O. The van der Waals surface area contributed by atoms with Gasteiger partial charge in [0.05, 0.1) is 17.7 Å². The first-order valence-electron chi connectivity index (χ1n) is 5.30. The Kier molecular flexibility index (Phi) is 1.90. The van der Waals surface area contributed by atoms with E-state index in [1.165, 1.54) is 18.4 Å². The summed E-state index contributed by atoms with van der Waals surface area (Å²) in [6.07, 6.45) is 2.56. The van der Waals surface area contributed by atoms with E-state index in [9.17, 15) is 0 Å². The zero-order chi connectivity index (χ0) is 10.3. The highest BCUT2D eigenvalue weighted by molar-refractivity contribution is 5.46. The Balaban J connectivity index is 1.86. The summed E-state index contributed by atoms with van der Waals surface area (Å²) < 4.78 is 5.57. The lowest BCUT2D eigenvalue weighted by Gasteiger charge is -2.09. The standard InChI is InChI=1S/C12H12N2O/c13-6-8-1-4-10-11(14-9-2-3-9)7-15-12(10)5-8/h1,4-5,9,11,14H,2-3,7H2. The molecule has 1 heterocycles. The number of benzene rings is 1. The van der Waals surface area contributed by atoms with Gasteiger partial charge in [0, 0.05) is 11.6 Å². The van der Waals surface area contributed by atoms with Crippen molar-refractivity contribution in [1.82, 2.24) is 5.32 Å². The summed E-state index contributed by atoms with van der Waals surface area (Å²) in [4.78, 5) is 0. The van der Waals surface area contributed by atoms with E-state index in [2.05, 4.69) is 11.4 Å². The van der Waals surface area contributed by atoms with Crippen LogP contribution in [0.2, 0.25) is 0 Å². The number of rotatable bonds is 2. The van der Waals surface area contributed by atoms with Crippen molar-refractivity contribution < 1.29 is 4.74 Å². The number of ether oxygens (including phenoxy) is 1. The quantitative estimate of drug-likeness (QED) is 0.791. The summed E-state index contributed by atoms with van der Waals surface area (Å²) in [5.74, 6) is 0.868. The number of hydrogen-bond donors (Lipinski definition) is 1. The van der Waals surface area contributed by atoms with Gasteiger partial charge in [-0.2, -0.15) is 5.26 Å². The van der Waals surface area contributed by atoms with Crippen LogP contribution in [0.1, 0.15) is 30.0 Å². The molecule has 1 saturated carbocycles. The highest BCUT2D eigenvalue weighted by Crippen LogP contribution is 2.35. The second kappa shape index (κ2) is 3.25. The van der Waals surface area contributed by atoms with Crippen LogP contribution in [0.3, 0.4) is 0 Å². The highest BCUT2D eigenvalue weighted by atomic mass is 16.5. The van der Waals surface area contributed by atoms with E-state index >= 15 is 0 Å². The molecule has 3 rings (SSSR count). The van der Waals surface area contributed by atoms with Gasteiger partial charge in [-0.05, 0) is 25.0 Å². The van der Waals surface area contributed by atoms with E-state index in [0.717, 1.165) is 5.75 Å². The maximum absolute atomic E-state index is 8.77. The smallest absolute Gasteiger partial charge is 0.125 e. The predicted octanol–water partition coefficient (Wildman–Crippen LogP) is 1.74. The van der Waals surface area contributed by atoms with E-state index in [4.69, 9.17) is 10.00 Å². The number of fused-ring (bicyclic) bond motifs is 1. The van der Waals surface area contributed by atoms with Crippen molar-refractivity contribution in [2.45, 2.75) is 24.9 Å². The Morgan fingerprint density at radius 2 is 2.27 bits per heavy atom. The summed E-state index contributed by atoms with van der Waals surface area (Å²) in [7, 11) is 0. The molecule has 0 bridgehead atoms. The van der Waals surface area contributed by atoms with Gasteiger partial charge in [-0.3, -0.25) is 0 Å².